The van der Waals surface area contributed by atoms with Crippen LogP contribution in [0.25, 0.3) is 22.2 Å². The number of carbonyl (C=O) groups excluding carboxylic acids is 1. The molecule has 0 unspecified atom stereocenters. The molecule has 0 aliphatic carbocycles. The summed E-state index contributed by atoms with van der Waals surface area (Å²) < 4.78 is 3.41. The highest BCUT2D eigenvalue weighted by Gasteiger charge is 2.16. The molecule has 2 aromatic carbocycles. The first-order chi connectivity index (χ1) is 16.5. The zero-order valence-corrected chi connectivity index (χ0v) is 19.6. The Morgan fingerprint density at radius 2 is 1.79 bits per heavy atom. The van der Waals surface area contributed by atoms with E-state index in [0.29, 0.717) is 22.9 Å². The van der Waals surface area contributed by atoms with Gasteiger partial charge in [0.25, 0.3) is 0 Å². The van der Waals surface area contributed by atoms with Gasteiger partial charge in [0.1, 0.15) is 6.54 Å². The first kappa shape index (κ1) is 21.9. The largest absolute Gasteiger partial charge is 0.322 e. The van der Waals surface area contributed by atoms with Crippen LogP contribution in [-0.4, -0.2) is 30.5 Å². The minimum absolute atomic E-state index is 0.0526. The molecule has 0 bridgehead atoms. The molecule has 0 radical (unpaired) electrons. The van der Waals surface area contributed by atoms with Crippen molar-refractivity contribution in [3.63, 3.8) is 0 Å². The van der Waals surface area contributed by atoms with Crippen LogP contribution in [0.5, 0.6) is 0 Å². The number of nitrogens with zero attached hydrogens (tertiary/aromatic N) is 5. The van der Waals surface area contributed by atoms with Crippen molar-refractivity contribution in [1.82, 2.24) is 24.5 Å². The third kappa shape index (κ3) is 4.56. The van der Waals surface area contributed by atoms with Gasteiger partial charge in [-0.25, -0.2) is 9.67 Å². The summed E-state index contributed by atoms with van der Waals surface area (Å²) in [5.41, 5.74) is 6.57. The van der Waals surface area contributed by atoms with Gasteiger partial charge in [0.15, 0.2) is 5.65 Å². The first-order valence-electron chi connectivity index (χ1n) is 10.9. The summed E-state index contributed by atoms with van der Waals surface area (Å²) in [6.45, 7) is 4.64. The lowest BCUT2D eigenvalue weighted by Gasteiger charge is -2.06. The summed E-state index contributed by atoms with van der Waals surface area (Å²) in [5, 5.41) is 13.5. The zero-order valence-electron chi connectivity index (χ0n) is 18.9. The molecule has 0 aliphatic heterocycles. The summed E-state index contributed by atoms with van der Waals surface area (Å²) in [6, 6.07) is 17.9. The van der Waals surface area contributed by atoms with E-state index in [0.717, 1.165) is 27.8 Å². The van der Waals surface area contributed by atoms with E-state index in [9.17, 15) is 4.79 Å². The number of nitrogens with one attached hydrogen (secondary N) is 1. The number of carbonyl (C=O) groups is 1. The zero-order chi connectivity index (χ0) is 23.7. The lowest BCUT2D eigenvalue weighted by Crippen LogP contribution is -2.19. The normalized spacial score (nSPS) is 11.1. The minimum atomic E-state index is -0.196. The highest BCUT2D eigenvalue weighted by Crippen LogP contribution is 2.30. The maximum Gasteiger partial charge on any atom is 0.246 e. The molecular weight excluding hydrogens is 448 g/mol. The van der Waals surface area contributed by atoms with Gasteiger partial charge in [0, 0.05) is 22.8 Å². The minimum Gasteiger partial charge on any atom is -0.322 e. The van der Waals surface area contributed by atoms with Crippen LogP contribution in [0.3, 0.4) is 0 Å². The SMILES string of the molecule is Cc1ccc(-c2ccnc3c2c(C)nn3CC(=O)Nc2cnn(Cc3ccc(Cl)cc3)c2)cc1. The molecule has 0 atom stereocenters. The highest BCUT2D eigenvalue weighted by atomic mass is 35.5. The first-order valence-corrected chi connectivity index (χ1v) is 11.3. The number of hydrogen-bond acceptors (Lipinski definition) is 4. The van der Waals surface area contributed by atoms with E-state index in [1.165, 1.54) is 5.56 Å². The summed E-state index contributed by atoms with van der Waals surface area (Å²) in [7, 11) is 0. The van der Waals surface area contributed by atoms with E-state index >= 15 is 0 Å². The van der Waals surface area contributed by atoms with Crippen molar-refractivity contribution in [3.05, 3.63) is 95.0 Å². The van der Waals surface area contributed by atoms with Crippen LogP contribution in [0.15, 0.2) is 73.2 Å². The number of pyridine rings is 1. The molecule has 0 saturated heterocycles. The molecule has 0 spiro atoms. The summed E-state index contributed by atoms with van der Waals surface area (Å²) >= 11 is 5.94. The maximum atomic E-state index is 12.8. The van der Waals surface area contributed by atoms with E-state index < -0.39 is 0 Å². The fraction of sp³-hybridized carbons (Fsp3) is 0.154. The number of hydrogen-bond donors (Lipinski definition) is 1. The predicted molar refractivity (Wildman–Crippen MR) is 134 cm³/mol. The standard InChI is InChI=1S/C26H23ClN6O/c1-17-3-7-20(8-4-17)23-11-12-28-26-25(23)18(2)31-33(26)16-24(34)30-22-13-29-32(15-22)14-19-5-9-21(27)10-6-19/h3-13,15H,14,16H2,1-2H3,(H,30,34). The number of aromatic nitrogens is 5. The highest BCUT2D eigenvalue weighted by molar-refractivity contribution is 6.30. The molecule has 1 amide bonds. The second kappa shape index (κ2) is 9.11. The molecule has 170 valence electrons. The van der Waals surface area contributed by atoms with Gasteiger partial charge >= 0.3 is 0 Å². The van der Waals surface area contributed by atoms with E-state index in [2.05, 4.69) is 51.7 Å². The molecule has 5 rings (SSSR count). The van der Waals surface area contributed by atoms with Crippen molar-refractivity contribution in [3.8, 4) is 11.1 Å². The number of fused-ring (bicyclic) bond motifs is 1. The maximum absolute atomic E-state index is 12.8. The predicted octanol–water partition coefficient (Wildman–Crippen LogP) is 5.25. The van der Waals surface area contributed by atoms with Gasteiger partial charge in [0.2, 0.25) is 5.91 Å². The van der Waals surface area contributed by atoms with Gasteiger partial charge in [-0.3, -0.25) is 9.48 Å². The van der Waals surface area contributed by atoms with Crippen molar-refractivity contribution in [2.24, 2.45) is 0 Å². The topological polar surface area (TPSA) is 77.6 Å². The lowest BCUT2D eigenvalue weighted by atomic mass is 10.0. The molecule has 8 heteroatoms. The Bertz CT molecular complexity index is 1470. The number of aryl methyl sites for hydroxylation is 2. The van der Waals surface area contributed by atoms with Gasteiger partial charge in [-0.1, -0.05) is 53.6 Å². The molecule has 0 aliphatic rings. The molecular formula is C26H23ClN6O. The number of halogens is 1. The average molecular weight is 471 g/mol. The average Bonchev–Trinajstić information content (AvgIpc) is 3.39. The van der Waals surface area contributed by atoms with Crippen LogP contribution < -0.4 is 5.32 Å². The Balaban J connectivity index is 1.32. The second-order valence-electron chi connectivity index (χ2n) is 8.27. The van der Waals surface area contributed by atoms with Crippen molar-refractivity contribution < 1.29 is 4.79 Å². The van der Waals surface area contributed by atoms with Crippen molar-refractivity contribution in [2.75, 3.05) is 5.32 Å². The van der Waals surface area contributed by atoms with Crippen LogP contribution in [0, 0.1) is 13.8 Å². The molecule has 3 heterocycles. The summed E-state index contributed by atoms with van der Waals surface area (Å²) in [6.07, 6.45) is 5.19. The van der Waals surface area contributed by atoms with Crippen molar-refractivity contribution in [1.29, 1.82) is 0 Å². The van der Waals surface area contributed by atoms with E-state index in [1.807, 2.05) is 37.3 Å². The third-order valence-corrected chi connectivity index (χ3v) is 5.89. The van der Waals surface area contributed by atoms with Crippen LogP contribution in [-0.2, 0) is 17.9 Å². The van der Waals surface area contributed by atoms with E-state index in [-0.39, 0.29) is 12.5 Å². The summed E-state index contributed by atoms with van der Waals surface area (Å²) in [4.78, 5) is 17.3. The van der Waals surface area contributed by atoms with Crippen LogP contribution >= 0.6 is 11.6 Å². The number of benzene rings is 2. The fourth-order valence-corrected chi connectivity index (χ4v) is 4.12. The van der Waals surface area contributed by atoms with Crippen LogP contribution in [0.4, 0.5) is 5.69 Å². The van der Waals surface area contributed by atoms with E-state index in [4.69, 9.17) is 11.6 Å². The Morgan fingerprint density at radius 3 is 2.56 bits per heavy atom. The van der Waals surface area contributed by atoms with Crippen LogP contribution in [0.2, 0.25) is 5.02 Å². The molecule has 1 N–H and O–H groups in total. The molecule has 7 nitrogen and oxygen atoms in total. The van der Waals surface area contributed by atoms with E-state index in [1.54, 1.807) is 28.0 Å². The molecule has 5 aromatic rings. The van der Waals surface area contributed by atoms with Crippen LogP contribution in [0.1, 0.15) is 16.8 Å². The van der Waals surface area contributed by atoms with Crippen molar-refractivity contribution in [2.45, 2.75) is 26.9 Å². The Hall–Kier alpha value is -3.97. The Morgan fingerprint density at radius 1 is 1.03 bits per heavy atom. The molecule has 0 fully saturated rings. The Kier molecular flexibility index (Phi) is 5.86. The smallest absolute Gasteiger partial charge is 0.246 e. The lowest BCUT2D eigenvalue weighted by molar-refractivity contribution is -0.116. The van der Waals surface area contributed by atoms with Gasteiger partial charge < -0.3 is 5.32 Å². The van der Waals surface area contributed by atoms with Gasteiger partial charge in [-0.05, 0) is 48.7 Å². The quantitative estimate of drug-likeness (QED) is 0.367. The summed E-state index contributed by atoms with van der Waals surface area (Å²) in [5.74, 6) is -0.196. The fourth-order valence-electron chi connectivity index (χ4n) is 3.99. The number of rotatable bonds is 6. The van der Waals surface area contributed by atoms with Gasteiger partial charge in [-0.2, -0.15) is 10.2 Å². The molecule has 3 aromatic heterocycles. The third-order valence-electron chi connectivity index (χ3n) is 5.64. The Labute approximate surface area is 202 Å². The van der Waals surface area contributed by atoms with Gasteiger partial charge in [0.05, 0.1) is 24.1 Å². The monoisotopic (exact) mass is 470 g/mol. The molecule has 34 heavy (non-hydrogen) atoms. The second-order valence-corrected chi connectivity index (χ2v) is 8.70. The molecule has 0 saturated carbocycles. The van der Waals surface area contributed by atoms with Gasteiger partial charge in [-0.15, -0.1) is 0 Å². The number of amides is 1. The van der Waals surface area contributed by atoms with Crippen molar-refractivity contribution >= 4 is 34.2 Å². The number of anilines is 1.